The third-order valence-electron chi connectivity index (χ3n) is 7.49. The highest BCUT2D eigenvalue weighted by Gasteiger charge is 2.25. The molecule has 2 atom stereocenters. The Morgan fingerprint density at radius 2 is 1.93 bits per heavy atom. The topological polar surface area (TPSA) is 140 Å². The molecule has 1 fully saturated rings. The molecule has 0 radical (unpaired) electrons. The van der Waals surface area contributed by atoms with Gasteiger partial charge in [-0.15, -0.1) is 11.3 Å². The zero-order valence-corrected chi connectivity index (χ0v) is 26.0. The molecule has 43 heavy (non-hydrogen) atoms. The van der Waals surface area contributed by atoms with Crippen LogP contribution in [0.15, 0.2) is 54.4 Å². The Morgan fingerprint density at radius 1 is 1.14 bits per heavy atom. The van der Waals surface area contributed by atoms with Crippen LogP contribution in [-0.4, -0.2) is 77.5 Å². The number of nitrogens with two attached hydrogens (primary N) is 1. The summed E-state index contributed by atoms with van der Waals surface area (Å²) in [6.45, 7) is 9.16. The molecule has 11 heteroatoms. The summed E-state index contributed by atoms with van der Waals surface area (Å²) in [5.41, 5.74) is 9.29. The molecule has 0 bridgehead atoms. The van der Waals surface area contributed by atoms with E-state index in [0.717, 1.165) is 33.9 Å². The van der Waals surface area contributed by atoms with E-state index in [9.17, 15) is 14.4 Å². The Hall–Kier alpha value is -3.67. The summed E-state index contributed by atoms with van der Waals surface area (Å²) in [4.78, 5) is 49.6. The van der Waals surface area contributed by atoms with Crippen LogP contribution in [0.25, 0.3) is 10.2 Å². The number of morpholine rings is 1. The number of fused-ring (bicyclic) bond motifs is 1. The van der Waals surface area contributed by atoms with Crippen molar-refractivity contribution in [2.24, 2.45) is 5.73 Å². The minimum absolute atomic E-state index is 0.214. The van der Waals surface area contributed by atoms with Gasteiger partial charge in [-0.1, -0.05) is 39.0 Å². The van der Waals surface area contributed by atoms with Crippen molar-refractivity contribution >= 4 is 39.3 Å². The quantitative estimate of drug-likeness (QED) is 0.240. The van der Waals surface area contributed by atoms with E-state index in [1.807, 2.05) is 24.3 Å². The number of thiazole rings is 1. The van der Waals surface area contributed by atoms with Crippen molar-refractivity contribution < 1.29 is 19.1 Å². The van der Waals surface area contributed by atoms with E-state index < -0.39 is 11.9 Å². The average molecular weight is 607 g/mol. The van der Waals surface area contributed by atoms with Gasteiger partial charge in [-0.25, -0.2) is 4.98 Å². The van der Waals surface area contributed by atoms with Gasteiger partial charge in [-0.05, 0) is 48.1 Å². The highest BCUT2D eigenvalue weighted by molar-refractivity contribution is 7.18. The number of hydrogen-bond donors (Lipinski definition) is 3. The number of primary amides is 1. The van der Waals surface area contributed by atoms with Crippen molar-refractivity contribution in [2.75, 3.05) is 32.8 Å². The van der Waals surface area contributed by atoms with Crippen LogP contribution in [0.3, 0.4) is 0 Å². The van der Waals surface area contributed by atoms with Gasteiger partial charge >= 0.3 is 0 Å². The number of pyridine rings is 1. The Kier molecular flexibility index (Phi) is 11.8. The highest BCUT2D eigenvalue weighted by Crippen LogP contribution is 2.27. The van der Waals surface area contributed by atoms with E-state index in [1.54, 1.807) is 19.3 Å². The van der Waals surface area contributed by atoms with E-state index in [1.165, 1.54) is 16.9 Å². The molecule has 1 aliphatic rings. The molecular weight excluding hydrogens is 564 g/mol. The Labute approximate surface area is 257 Å². The number of amides is 3. The van der Waals surface area contributed by atoms with Crippen LogP contribution in [0.2, 0.25) is 0 Å². The lowest BCUT2D eigenvalue weighted by Gasteiger charge is -2.27. The molecule has 10 nitrogen and oxygen atoms in total. The Bertz CT molecular complexity index is 1420. The molecule has 4 rings (SSSR count). The molecule has 0 saturated carbocycles. The van der Waals surface area contributed by atoms with Gasteiger partial charge in [0.1, 0.15) is 6.04 Å². The number of hydrogen-bond acceptors (Lipinski definition) is 8. The number of nitrogens with zero attached hydrogens (tertiary/aromatic N) is 3. The molecule has 2 aromatic heterocycles. The molecule has 0 spiro atoms. The second-order valence-electron chi connectivity index (χ2n) is 11.2. The lowest BCUT2D eigenvalue weighted by Crippen LogP contribution is -2.51. The van der Waals surface area contributed by atoms with Crippen molar-refractivity contribution in [3.05, 3.63) is 70.5 Å². The number of ether oxygens (including phenoxy) is 1. The predicted octanol–water partition coefficient (Wildman–Crippen LogP) is 3.11. The summed E-state index contributed by atoms with van der Waals surface area (Å²) in [5, 5.41) is 6.80. The molecule has 3 aromatic rings. The van der Waals surface area contributed by atoms with Crippen molar-refractivity contribution in [1.82, 2.24) is 25.5 Å². The number of aromatic nitrogens is 2. The number of nitrogens with one attached hydrogen (secondary N) is 2. The molecule has 1 aliphatic heterocycles. The van der Waals surface area contributed by atoms with Crippen LogP contribution in [0.5, 0.6) is 0 Å². The van der Waals surface area contributed by atoms with Crippen LogP contribution in [-0.2, 0) is 32.0 Å². The second-order valence-corrected chi connectivity index (χ2v) is 12.3. The number of rotatable bonds is 14. The van der Waals surface area contributed by atoms with E-state index in [-0.39, 0.29) is 30.7 Å². The monoisotopic (exact) mass is 606 g/mol. The zero-order chi connectivity index (χ0) is 30.8. The van der Waals surface area contributed by atoms with E-state index in [0.29, 0.717) is 44.1 Å². The highest BCUT2D eigenvalue weighted by atomic mass is 32.1. The van der Waals surface area contributed by atoms with E-state index in [2.05, 4.69) is 46.5 Å². The molecule has 1 saturated heterocycles. The summed E-state index contributed by atoms with van der Waals surface area (Å²) >= 11 is 1.54. The number of carbonyl (C=O) groups excluding carboxylic acids is 3. The Morgan fingerprint density at radius 3 is 2.60 bits per heavy atom. The van der Waals surface area contributed by atoms with Gasteiger partial charge in [-0.3, -0.25) is 24.3 Å². The summed E-state index contributed by atoms with van der Waals surface area (Å²) < 4.78 is 6.47. The molecule has 4 N–H and O–H groups in total. The van der Waals surface area contributed by atoms with Gasteiger partial charge in [-0.2, -0.15) is 0 Å². The first-order chi connectivity index (χ1) is 20.7. The van der Waals surface area contributed by atoms with Gasteiger partial charge < -0.3 is 21.1 Å². The maximum absolute atomic E-state index is 13.8. The lowest BCUT2D eigenvalue weighted by molar-refractivity contribution is -0.129. The maximum atomic E-state index is 13.8. The molecule has 0 aliphatic carbocycles. The summed E-state index contributed by atoms with van der Waals surface area (Å²) in [7, 11) is 0. The first kappa shape index (κ1) is 32.2. The van der Waals surface area contributed by atoms with Crippen molar-refractivity contribution in [3.63, 3.8) is 0 Å². The summed E-state index contributed by atoms with van der Waals surface area (Å²) in [6.07, 6.45) is 6.68. The molecular formula is C32H42N6O4S. The molecule has 3 amide bonds. The average Bonchev–Trinajstić information content (AvgIpc) is 3.41. The third kappa shape index (κ3) is 9.67. The lowest BCUT2D eigenvalue weighted by atomic mass is 10.0. The second kappa shape index (κ2) is 15.7. The zero-order valence-electron chi connectivity index (χ0n) is 25.2. The largest absolute Gasteiger partial charge is 0.379 e. The fourth-order valence-electron chi connectivity index (χ4n) is 4.94. The first-order valence-corrected chi connectivity index (χ1v) is 15.7. The number of benzene rings is 1. The van der Waals surface area contributed by atoms with Crippen LogP contribution in [0.1, 0.15) is 55.7 Å². The van der Waals surface area contributed by atoms with Gasteiger partial charge in [0.2, 0.25) is 17.7 Å². The molecule has 3 heterocycles. The number of carbonyl (C=O) groups is 3. The third-order valence-corrected chi connectivity index (χ3v) is 8.53. The van der Waals surface area contributed by atoms with Crippen molar-refractivity contribution in [3.8, 4) is 0 Å². The fraction of sp³-hybridized carbons (Fsp3) is 0.469. The van der Waals surface area contributed by atoms with Crippen LogP contribution < -0.4 is 16.4 Å². The van der Waals surface area contributed by atoms with Gasteiger partial charge in [0.15, 0.2) is 0 Å². The Balaban J connectivity index is 1.53. The smallest absolute Gasteiger partial charge is 0.245 e. The van der Waals surface area contributed by atoms with Gasteiger partial charge in [0.25, 0.3) is 0 Å². The van der Waals surface area contributed by atoms with Crippen molar-refractivity contribution in [2.45, 2.75) is 64.5 Å². The van der Waals surface area contributed by atoms with Crippen molar-refractivity contribution in [1.29, 1.82) is 0 Å². The van der Waals surface area contributed by atoms with Gasteiger partial charge in [0.05, 0.1) is 28.4 Å². The fourth-order valence-corrected chi connectivity index (χ4v) is 6.00. The van der Waals surface area contributed by atoms with Crippen LogP contribution >= 0.6 is 11.3 Å². The molecule has 0 unspecified atom stereocenters. The summed E-state index contributed by atoms with van der Waals surface area (Å²) in [6, 6.07) is 8.86. The maximum Gasteiger partial charge on any atom is 0.245 e. The minimum atomic E-state index is -0.804. The predicted molar refractivity (Wildman–Crippen MR) is 169 cm³/mol. The van der Waals surface area contributed by atoms with E-state index in [4.69, 9.17) is 15.5 Å². The minimum Gasteiger partial charge on any atom is -0.379 e. The normalized spacial score (nSPS) is 15.8. The van der Waals surface area contributed by atoms with E-state index >= 15 is 0 Å². The standard InChI is InChI=1S/C32H42N6O4S/c1-4-29(39)36-27(18-30-37-26-10-8-23(21(2)3)17-28(26)43-30)32(41)35-25(16-22-6-5-11-34-19-22)9-7-24(31(33)40)20-38-12-14-42-15-13-38/h5-8,10-11,17,19,21,25,27H,4,9,12-16,18,20H2,1-3H3,(H2,33,40)(H,35,41)(H,36,39)/t25-,27-/m0/s1. The van der Waals surface area contributed by atoms with Crippen LogP contribution in [0.4, 0.5) is 0 Å². The molecule has 1 aromatic carbocycles. The first-order valence-electron chi connectivity index (χ1n) is 14.9. The summed E-state index contributed by atoms with van der Waals surface area (Å²) in [5.74, 6) is -0.608. The van der Waals surface area contributed by atoms with Crippen LogP contribution in [0, 0.1) is 0 Å². The molecule has 230 valence electrons. The van der Waals surface area contributed by atoms with Gasteiger partial charge in [0, 0.05) is 56.5 Å². The SMILES string of the molecule is CCC(=O)N[C@@H](Cc1nc2ccc(C(C)C)cc2s1)C(=O)N[C@@H](CC=C(CN1CCOCC1)C(N)=O)Cc1cccnc1.